The fourth-order valence-electron chi connectivity index (χ4n) is 3.05. The number of nitrogens with zero attached hydrogens (tertiary/aromatic N) is 1. The summed E-state index contributed by atoms with van der Waals surface area (Å²) in [6.07, 6.45) is -2.06. The molecule has 5 nitrogen and oxygen atoms in total. The van der Waals surface area contributed by atoms with Crippen molar-refractivity contribution in [2.45, 2.75) is 32.0 Å². The maximum Gasteiger partial charge on any atom is 0.416 e. The lowest BCUT2D eigenvalue weighted by molar-refractivity contribution is -0.138. The highest BCUT2D eigenvalue weighted by Crippen LogP contribution is 2.33. The van der Waals surface area contributed by atoms with Gasteiger partial charge in [0.05, 0.1) is 11.8 Å². The zero-order valence-corrected chi connectivity index (χ0v) is 14.0. The minimum Gasteiger partial charge on any atom is -0.459 e. The molecule has 3 rings (SSSR count). The normalized spacial score (nSPS) is 17.4. The van der Waals surface area contributed by atoms with Gasteiger partial charge in [-0.2, -0.15) is 13.2 Å². The molecular weight excluding hydrogens is 349 g/mol. The van der Waals surface area contributed by atoms with Gasteiger partial charge >= 0.3 is 6.18 Å². The van der Waals surface area contributed by atoms with Crippen LogP contribution in [0, 0.1) is 6.92 Å². The van der Waals surface area contributed by atoms with Crippen LogP contribution in [-0.2, 0) is 11.0 Å². The molecule has 1 fully saturated rings. The summed E-state index contributed by atoms with van der Waals surface area (Å²) < 4.78 is 44.1. The highest BCUT2D eigenvalue weighted by Gasteiger charge is 2.36. The lowest BCUT2D eigenvalue weighted by Crippen LogP contribution is -2.43. The number of halogens is 3. The summed E-state index contributed by atoms with van der Waals surface area (Å²) in [6, 6.07) is 5.95. The first kappa shape index (κ1) is 18.0. The molecule has 0 unspecified atom stereocenters. The molecule has 2 aromatic rings. The van der Waals surface area contributed by atoms with Crippen molar-refractivity contribution in [3.05, 3.63) is 53.5 Å². The van der Waals surface area contributed by atoms with E-state index in [2.05, 4.69) is 5.32 Å². The molecule has 2 amide bonds. The first-order valence-corrected chi connectivity index (χ1v) is 8.10. The number of aryl methyl sites for hydroxylation is 1. The Morgan fingerprint density at radius 1 is 1.27 bits per heavy atom. The molecule has 1 saturated heterocycles. The molecule has 0 radical (unpaired) electrons. The number of amides is 2. The van der Waals surface area contributed by atoms with Gasteiger partial charge < -0.3 is 14.6 Å². The number of likely N-dealkylation sites (tertiary alicyclic amines) is 1. The quantitative estimate of drug-likeness (QED) is 0.898. The molecule has 26 heavy (non-hydrogen) atoms. The highest BCUT2D eigenvalue weighted by molar-refractivity contribution is 6.00. The van der Waals surface area contributed by atoms with E-state index in [4.69, 9.17) is 4.42 Å². The Labute approximate surface area is 147 Å². The van der Waals surface area contributed by atoms with Gasteiger partial charge in [-0.05, 0) is 49.6 Å². The first-order chi connectivity index (χ1) is 12.3. The van der Waals surface area contributed by atoms with Crippen molar-refractivity contribution < 1.29 is 27.2 Å². The Morgan fingerprint density at radius 2 is 2.04 bits per heavy atom. The number of furan rings is 1. The number of carbonyl (C=O) groups is 2. The average Bonchev–Trinajstić information content (AvgIpc) is 3.26. The van der Waals surface area contributed by atoms with Gasteiger partial charge in [-0.15, -0.1) is 0 Å². The Kier molecular flexibility index (Phi) is 4.76. The zero-order valence-electron chi connectivity index (χ0n) is 14.0. The number of rotatable bonds is 3. The zero-order chi connectivity index (χ0) is 18.9. The Balaban J connectivity index is 1.76. The van der Waals surface area contributed by atoms with Crippen LogP contribution in [0.4, 0.5) is 18.9 Å². The Hall–Kier alpha value is -2.77. The van der Waals surface area contributed by atoms with E-state index in [1.807, 2.05) is 0 Å². The number of hydrogen-bond acceptors (Lipinski definition) is 3. The number of nitrogens with one attached hydrogen (secondary N) is 1. The molecule has 1 aliphatic rings. The Morgan fingerprint density at radius 3 is 2.69 bits per heavy atom. The van der Waals surface area contributed by atoms with Crippen LogP contribution in [0.1, 0.15) is 34.5 Å². The molecule has 1 atom stereocenters. The third-order valence-electron chi connectivity index (χ3n) is 4.36. The van der Waals surface area contributed by atoms with Gasteiger partial charge in [0, 0.05) is 12.2 Å². The third-order valence-corrected chi connectivity index (χ3v) is 4.36. The van der Waals surface area contributed by atoms with Gasteiger partial charge in [-0.3, -0.25) is 9.59 Å². The SMILES string of the molecule is Cc1ccc(NC(=O)[C@@H]2CCCN2C(=O)c2ccco2)cc1C(F)(F)F. The molecule has 0 saturated carbocycles. The maximum atomic E-state index is 13.0. The van der Waals surface area contributed by atoms with Crippen LogP contribution >= 0.6 is 0 Å². The smallest absolute Gasteiger partial charge is 0.416 e. The number of hydrogen-bond donors (Lipinski definition) is 1. The predicted octanol–water partition coefficient (Wildman–Crippen LogP) is 3.85. The number of alkyl halides is 3. The van der Waals surface area contributed by atoms with Gasteiger partial charge in [0.25, 0.3) is 5.91 Å². The number of carbonyl (C=O) groups excluding carboxylic acids is 2. The largest absolute Gasteiger partial charge is 0.459 e. The lowest BCUT2D eigenvalue weighted by Gasteiger charge is -2.23. The van der Waals surface area contributed by atoms with Gasteiger partial charge in [-0.1, -0.05) is 6.07 Å². The summed E-state index contributed by atoms with van der Waals surface area (Å²) in [5.74, 6) is -0.800. The molecule has 138 valence electrons. The van der Waals surface area contributed by atoms with E-state index < -0.39 is 29.6 Å². The highest BCUT2D eigenvalue weighted by atomic mass is 19.4. The summed E-state index contributed by atoms with van der Waals surface area (Å²) in [5, 5.41) is 2.49. The molecule has 1 N–H and O–H groups in total. The van der Waals surface area contributed by atoms with Gasteiger partial charge in [-0.25, -0.2) is 0 Å². The van der Waals surface area contributed by atoms with Crippen molar-refractivity contribution in [2.75, 3.05) is 11.9 Å². The fraction of sp³-hybridized carbons (Fsp3) is 0.333. The van der Waals surface area contributed by atoms with Crippen LogP contribution < -0.4 is 5.32 Å². The van der Waals surface area contributed by atoms with Crippen molar-refractivity contribution in [3.63, 3.8) is 0 Å². The molecule has 8 heteroatoms. The molecule has 1 aliphatic heterocycles. The standard InChI is InChI=1S/C18H17F3N2O3/c1-11-6-7-12(10-13(11)18(19,20)21)22-16(24)14-4-2-8-23(14)17(25)15-5-3-9-26-15/h3,5-7,9-10,14H,2,4,8H2,1H3,(H,22,24)/t14-/m0/s1. The summed E-state index contributed by atoms with van der Waals surface area (Å²) in [6.45, 7) is 1.74. The van der Waals surface area contributed by atoms with Crippen LogP contribution in [0.5, 0.6) is 0 Å². The van der Waals surface area contributed by atoms with Crippen molar-refractivity contribution in [3.8, 4) is 0 Å². The minimum absolute atomic E-state index is 0.0465. The maximum absolute atomic E-state index is 13.0. The average molecular weight is 366 g/mol. The molecule has 0 aliphatic carbocycles. The van der Waals surface area contributed by atoms with E-state index in [9.17, 15) is 22.8 Å². The molecule has 1 aromatic heterocycles. The Bertz CT molecular complexity index is 816. The van der Waals surface area contributed by atoms with E-state index >= 15 is 0 Å². The summed E-state index contributed by atoms with van der Waals surface area (Å²) in [5.41, 5.74) is -0.679. The van der Waals surface area contributed by atoms with Crippen molar-refractivity contribution in [1.29, 1.82) is 0 Å². The monoisotopic (exact) mass is 366 g/mol. The van der Waals surface area contributed by atoms with Gasteiger partial charge in [0.15, 0.2) is 5.76 Å². The number of anilines is 1. The van der Waals surface area contributed by atoms with Gasteiger partial charge in [0.1, 0.15) is 6.04 Å². The van der Waals surface area contributed by atoms with Gasteiger partial charge in [0.2, 0.25) is 5.91 Å². The second-order valence-electron chi connectivity index (χ2n) is 6.15. The molecule has 1 aromatic carbocycles. The van der Waals surface area contributed by atoms with Crippen LogP contribution in [0.3, 0.4) is 0 Å². The second kappa shape index (κ2) is 6.86. The van der Waals surface area contributed by atoms with E-state index in [0.29, 0.717) is 19.4 Å². The van der Waals surface area contributed by atoms with Crippen molar-refractivity contribution >= 4 is 17.5 Å². The minimum atomic E-state index is -4.50. The predicted molar refractivity (Wildman–Crippen MR) is 87.6 cm³/mol. The van der Waals surface area contributed by atoms with Crippen LogP contribution in [0.2, 0.25) is 0 Å². The topological polar surface area (TPSA) is 62.6 Å². The summed E-state index contributed by atoms with van der Waals surface area (Å²) in [4.78, 5) is 26.3. The fourth-order valence-corrected chi connectivity index (χ4v) is 3.05. The summed E-state index contributed by atoms with van der Waals surface area (Å²) >= 11 is 0. The second-order valence-corrected chi connectivity index (χ2v) is 6.15. The summed E-state index contributed by atoms with van der Waals surface area (Å²) in [7, 11) is 0. The van der Waals surface area contributed by atoms with E-state index in [0.717, 1.165) is 6.07 Å². The molecule has 0 spiro atoms. The molecule has 0 bridgehead atoms. The molecular formula is C18H17F3N2O3. The van der Waals surface area contributed by atoms with E-state index in [-0.39, 0.29) is 17.0 Å². The van der Waals surface area contributed by atoms with Crippen LogP contribution in [-0.4, -0.2) is 29.3 Å². The molecule has 2 heterocycles. The lowest BCUT2D eigenvalue weighted by atomic mass is 10.1. The first-order valence-electron chi connectivity index (χ1n) is 8.10. The number of benzene rings is 1. The third kappa shape index (κ3) is 3.58. The van der Waals surface area contributed by atoms with E-state index in [1.165, 1.54) is 36.3 Å². The van der Waals surface area contributed by atoms with Crippen molar-refractivity contribution in [2.24, 2.45) is 0 Å². The van der Waals surface area contributed by atoms with Crippen LogP contribution in [0.15, 0.2) is 41.0 Å². The van der Waals surface area contributed by atoms with E-state index in [1.54, 1.807) is 6.07 Å². The van der Waals surface area contributed by atoms with Crippen LogP contribution in [0.25, 0.3) is 0 Å². The van der Waals surface area contributed by atoms with Crippen molar-refractivity contribution in [1.82, 2.24) is 4.90 Å².